The van der Waals surface area contributed by atoms with Gasteiger partial charge < -0.3 is 10.0 Å². The molecular weight excluding hydrogens is 222 g/mol. The van der Waals surface area contributed by atoms with E-state index in [1.807, 2.05) is 18.2 Å². The largest absolute Gasteiger partial charge is 0.396 e. The summed E-state index contributed by atoms with van der Waals surface area (Å²) in [6, 6.07) is 8.05. The number of likely N-dealkylation sites (tertiary alicyclic amines) is 1. The Balaban J connectivity index is 1.80. The summed E-state index contributed by atoms with van der Waals surface area (Å²) < 4.78 is 0. The highest BCUT2D eigenvalue weighted by Gasteiger charge is 2.20. The van der Waals surface area contributed by atoms with Crippen molar-refractivity contribution in [1.82, 2.24) is 4.90 Å². The molecule has 0 amide bonds. The van der Waals surface area contributed by atoms with Gasteiger partial charge >= 0.3 is 0 Å². The molecule has 0 spiro atoms. The van der Waals surface area contributed by atoms with Crippen LogP contribution in [0.5, 0.6) is 0 Å². The van der Waals surface area contributed by atoms with Gasteiger partial charge in [-0.2, -0.15) is 0 Å². The van der Waals surface area contributed by atoms with Crippen LogP contribution in [-0.2, 0) is 6.42 Å². The minimum absolute atomic E-state index is 0.327. The first-order valence-electron chi connectivity index (χ1n) is 5.85. The van der Waals surface area contributed by atoms with Gasteiger partial charge in [0.2, 0.25) is 0 Å². The molecule has 1 atom stereocenters. The fraction of sp³-hybridized carbons (Fsp3) is 0.538. The summed E-state index contributed by atoms with van der Waals surface area (Å²) in [5.41, 5.74) is 1.29. The van der Waals surface area contributed by atoms with Gasteiger partial charge in [-0.15, -0.1) is 0 Å². The zero-order valence-corrected chi connectivity index (χ0v) is 10.2. The summed E-state index contributed by atoms with van der Waals surface area (Å²) in [5, 5.41) is 9.87. The minimum atomic E-state index is 0.327. The van der Waals surface area contributed by atoms with E-state index in [2.05, 4.69) is 11.0 Å². The molecule has 1 heterocycles. The summed E-state index contributed by atoms with van der Waals surface area (Å²) in [6.45, 7) is 3.55. The molecule has 1 aliphatic rings. The van der Waals surface area contributed by atoms with Crippen molar-refractivity contribution in [3.8, 4) is 0 Å². The Labute approximate surface area is 102 Å². The molecule has 3 heteroatoms. The van der Waals surface area contributed by atoms with Crippen molar-refractivity contribution in [2.75, 3.05) is 26.2 Å². The van der Waals surface area contributed by atoms with E-state index < -0.39 is 0 Å². The number of nitrogens with zero attached hydrogens (tertiary/aromatic N) is 1. The van der Waals surface area contributed by atoms with Crippen LogP contribution >= 0.6 is 11.6 Å². The third kappa shape index (κ3) is 3.21. The number of hydrogen-bond donors (Lipinski definition) is 1. The van der Waals surface area contributed by atoms with Gasteiger partial charge in [-0.05, 0) is 43.0 Å². The zero-order chi connectivity index (χ0) is 11.4. The monoisotopic (exact) mass is 239 g/mol. The smallest absolute Gasteiger partial charge is 0.0471 e. The molecule has 1 aromatic carbocycles. The average molecular weight is 240 g/mol. The van der Waals surface area contributed by atoms with Crippen molar-refractivity contribution >= 4 is 11.6 Å². The van der Waals surface area contributed by atoms with Crippen molar-refractivity contribution in [3.05, 3.63) is 34.9 Å². The maximum atomic E-state index is 9.06. The summed E-state index contributed by atoms with van der Waals surface area (Å²) >= 11 is 5.94. The van der Waals surface area contributed by atoms with E-state index in [1.54, 1.807) is 0 Å². The second-order valence-corrected chi connectivity index (χ2v) is 4.95. The highest BCUT2D eigenvalue weighted by atomic mass is 35.5. The van der Waals surface area contributed by atoms with Crippen LogP contribution in [0.15, 0.2) is 24.3 Å². The molecule has 1 saturated heterocycles. The van der Waals surface area contributed by atoms with E-state index in [1.165, 1.54) is 5.56 Å². The molecule has 2 nitrogen and oxygen atoms in total. The predicted octanol–water partition coefficient (Wildman–Crippen LogP) is 2.20. The first kappa shape index (κ1) is 11.9. The molecule has 0 radical (unpaired) electrons. The normalized spacial score (nSPS) is 21.5. The maximum Gasteiger partial charge on any atom is 0.0471 e. The molecule has 1 N–H and O–H groups in total. The molecule has 0 aromatic heterocycles. The van der Waals surface area contributed by atoms with Gasteiger partial charge in [0.25, 0.3) is 0 Å². The van der Waals surface area contributed by atoms with Gasteiger partial charge in [0.1, 0.15) is 0 Å². The van der Waals surface area contributed by atoms with Gasteiger partial charge in [-0.3, -0.25) is 0 Å². The molecule has 16 heavy (non-hydrogen) atoms. The third-order valence-electron chi connectivity index (χ3n) is 3.23. The van der Waals surface area contributed by atoms with Crippen LogP contribution in [0, 0.1) is 5.92 Å². The average Bonchev–Trinajstić information content (AvgIpc) is 2.74. The fourth-order valence-corrected chi connectivity index (χ4v) is 2.46. The van der Waals surface area contributed by atoms with Gasteiger partial charge in [-0.25, -0.2) is 0 Å². The van der Waals surface area contributed by atoms with Crippen LogP contribution in [-0.4, -0.2) is 36.2 Å². The van der Waals surface area contributed by atoms with Crippen molar-refractivity contribution in [1.29, 1.82) is 0 Å². The molecule has 1 unspecified atom stereocenters. The molecule has 1 aromatic rings. The van der Waals surface area contributed by atoms with Gasteiger partial charge in [0.05, 0.1) is 0 Å². The lowest BCUT2D eigenvalue weighted by Crippen LogP contribution is -2.24. The van der Waals surface area contributed by atoms with E-state index in [9.17, 15) is 0 Å². The van der Waals surface area contributed by atoms with E-state index in [4.69, 9.17) is 16.7 Å². The first-order valence-corrected chi connectivity index (χ1v) is 6.23. The summed E-state index contributed by atoms with van der Waals surface area (Å²) in [4.78, 5) is 2.42. The predicted molar refractivity (Wildman–Crippen MR) is 66.8 cm³/mol. The Morgan fingerprint density at radius 2 is 2.31 bits per heavy atom. The van der Waals surface area contributed by atoms with Crippen molar-refractivity contribution in [2.45, 2.75) is 12.8 Å². The molecule has 0 bridgehead atoms. The molecular formula is C13H18ClNO. The SMILES string of the molecule is OCC1CCN(CCc2cccc(Cl)c2)C1. The lowest BCUT2D eigenvalue weighted by Gasteiger charge is -2.15. The molecule has 0 aliphatic carbocycles. The molecule has 1 fully saturated rings. The van der Waals surface area contributed by atoms with Crippen molar-refractivity contribution in [2.24, 2.45) is 5.92 Å². The number of benzene rings is 1. The fourth-order valence-electron chi connectivity index (χ4n) is 2.24. The van der Waals surface area contributed by atoms with Crippen LogP contribution in [0.1, 0.15) is 12.0 Å². The molecule has 0 saturated carbocycles. The highest BCUT2D eigenvalue weighted by molar-refractivity contribution is 6.30. The second kappa shape index (κ2) is 5.67. The van der Waals surface area contributed by atoms with Crippen LogP contribution in [0.4, 0.5) is 0 Å². The maximum absolute atomic E-state index is 9.06. The quantitative estimate of drug-likeness (QED) is 0.871. The Hall–Kier alpha value is -0.570. The van der Waals surface area contributed by atoms with Gasteiger partial charge in [0.15, 0.2) is 0 Å². The standard InChI is InChI=1S/C13H18ClNO/c14-13-3-1-2-11(8-13)4-6-15-7-5-12(9-15)10-16/h1-3,8,12,16H,4-7,9-10H2. The number of aliphatic hydroxyl groups excluding tert-OH is 1. The lowest BCUT2D eigenvalue weighted by atomic mass is 10.1. The lowest BCUT2D eigenvalue weighted by molar-refractivity contribution is 0.222. The summed E-state index contributed by atoms with van der Waals surface area (Å²) in [5.74, 6) is 0.486. The van der Waals surface area contributed by atoms with Gasteiger partial charge in [-0.1, -0.05) is 23.7 Å². The zero-order valence-electron chi connectivity index (χ0n) is 9.40. The van der Waals surface area contributed by atoms with Crippen molar-refractivity contribution < 1.29 is 5.11 Å². The summed E-state index contributed by atoms with van der Waals surface area (Å²) in [6.07, 6.45) is 2.17. The van der Waals surface area contributed by atoms with Crippen molar-refractivity contribution in [3.63, 3.8) is 0 Å². The van der Waals surface area contributed by atoms with Crippen LogP contribution in [0.2, 0.25) is 5.02 Å². The number of rotatable bonds is 4. The first-order chi connectivity index (χ1) is 7.78. The van der Waals surface area contributed by atoms with E-state index in [0.29, 0.717) is 12.5 Å². The van der Waals surface area contributed by atoms with Gasteiger partial charge in [0, 0.05) is 24.7 Å². The Kier molecular flexibility index (Phi) is 4.22. The molecule has 1 aliphatic heterocycles. The third-order valence-corrected chi connectivity index (χ3v) is 3.47. The topological polar surface area (TPSA) is 23.5 Å². The Morgan fingerprint density at radius 1 is 1.44 bits per heavy atom. The molecule has 88 valence electrons. The Morgan fingerprint density at radius 3 is 3.00 bits per heavy atom. The minimum Gasteiger partial charge on any atom is -0.396 e. The molecule has 2 rings (SSSR count). The second-order valence-electron chi connectivity index (χ2n) is 4.52. The van der Waals surface area contributed by atoms with Crippen LogP contribution < -0.4 is 0 Å². The number of hydrogen-bond acceptors (Lipinski definition) is 2. The van der Waals surface area contributed by atoms with E-state index in [0.717, 1.165) is 37.5 Å². The Bertz CT molecular complexity index is 342. The highest BCUT2D eigenvalue weighted by Crippen LogP contribution is 2.16. The van der Waals surface area contributed by atoms with E-state index >= 15 is 0 Å². The summed E-state index contributed by atoms with van der Waals surface area (Å²) in [7, 11) is 0. The van der Waals surface area contributed by atoms with Crippen LogP contribution in [0.3, 0.4) is 0 Å². The van der Waals surface area contributed by atoms with E-state index in [-0.39, 0.29) is 0 Å². The van der Waals surface area contributed by atoms with Crippen LogP contribution in [0.25, 0.3) is 0 Å². The number of halogens is 1. The number of aliphatic hydroxyl groups is 1.